The molecule has 3 nitrogen and oxygen atoms in total. The van der Waals surface area contributed by atoms with Gasteiger partial charge in [0.2, 0.25) is 0 Å². The molecule has 0 spiro atoms. The van der Waals surface area contributed by atoms with Crippen molar-refractivity contribution in [1.29, 1.82) is 0 Å². The van der Waals surface area contributed by atoms with Crippen molar-refractivity contribution >= 4 is 0 Å². The summed E-state index contributed by atoms with van der Waals surface area (Å²) in [6.07, 6.45) is 1.02. The summed E-state index contributed by atoms with van der Waals surface area (Å²) in [5, 5.41) is 0. The van der Waals surface area contributed by atoms with Crippen molar-refractivity contribution in [2.45, 2.75) is 20.3 Å². The second-order valence-corrected chi connectivity index (χ2v) is 4.79. The van der Waals surface area contributed by atoms with E-state index in [1.165, 1.54) is 12.1 Å². The first-order valence-electron chi connectivity index (χ1n) is 6.82. The van der Waals surface area contributed by atoms with E-state index in [2.05, 4.69) is 25.7 Å². The summed E-state index contributed by atoms with van der Waals surface area (Å²) in [6, 6.07) is 4.27. The highest BCUT2D eigenvalue weighted by atomic mass is 19.1. The zero-order chi connectivity index (χ0) is 14.8. The molecule has 0 atom stereocenters. The molecule has 1 aromatic rings. The van der Waals surface area contributed by atoms with Crippen molar-refractivity contribution in [3.05, 3.63) is 29.6 Å². The quantitative estimate of drug-likeness (QED) is 0.616. The molecule has 0 saturated carbocycles. The van der Waals surface area contributed by atoms with E-state index in [0.717, 1.165) is 6.42 Å². The minimum absolute atomic E-state index is 0.259. The lowest BCUT2D eigenvalue weighted by atomic mass is 10.1. The van der Waals surface area contributed by atoms with Crippen LogP contribution in [0.25, 0.3) is 0 Å². The first-order chi connectivity index (χ1) is 9.63. The Bertz CT molecular complexity index is 463. The van der Waals surface area contributed by atoms with Crippen LogP contribution in [0.15, 0.2) is 18.2 Å². The van der Waals surface area contributed by atoms with E-state index in [1.807, 2.05) is 0 Å². The Morgan fingerprint density at radius 3 is 2.75 bits per heavy atom. The maximum Gasteiger partial charge on any atom is 0.137 e. The summed E-state index contributed by atoms with van der Waals surface area (Å²) < 4.78 is 24.2. The van der Waals surface area contributed by atoms with Crippen molar-refractivity contribution < 1.29 is 13.9 Å². The second-order valence-electron chi connectivity index (χ2n) is 4.79. The summed E-state index contributed by atoms with van der Waals surface area (Å²) >= 11 is 0. The van der Waals surface area contributed by atoms with Gasteiger partial charge in [-0.05, 0) is 24.5 Å². The molecule has 0 radical (unpaired) electrons. The minimum atomic E-state index is -0.348. The lowest BCUT2D eigenvalue weighted by Gasteiger charge is -2.10. The van der Waals surface area contributed by atoms with Gasteiger partial charge in [-0.25, -0.2) is 4.39 Å². The molecule has 110 valence electrons. The van der Waals surface area contributed by atoms with E-state index in [0.29, 0.717) is 37.1 Å². The molecule has 0 aliphatic carbocycles. The van der Waals surface area contributed by atoms with Crippen LogP contribution < -0.4 is 10.5 Å². The highest BCUT2D eigenvalue weighted by molar-refractivity contribution is 5.46. The van der Waals surface area contributed by atoms with Crippen LogP contribution in [-0.2, 0) is 4.74 Å². The molecule has 1 aromatic carbocycles. The SMILES string of the molecule is CC(C)CCOCCOc1cc(F)ccc1C#CCN. The number of ether oxygens (including phenoxy) is 2. The molecule has 0 amide bonds. The standard InChI is InChI=1S/C16H22FNO2/c1-13(2)7-9-19-10-11-20-16-12-15(17)6-5-14(16)4-3-8-18/h5-6,12-13H,7-11,18H2,1-2H3. The van der Waals surface area contributed by atoms with Gasteiger partial charge < -0.3 is 15.2 Å². The van der Waals surface area contributed by atoms with Gasteiger partial charge in [0.1, 0.15) is 18.2 Å². The molecule has 2 N–H and O–H groups in total. The highest BCUT2D eigenvalue weighted by Gasteiger charge is 2.03. The van der Waals surface area contributed by atoms with E-state index < -0.39 is 0 Å². The van der Waals surface area contributed by atoms with Gasteiger partial charge >= 0.3 is 0 Å². The number of hydrogen-bond donors (Lipinski definition) is 1. The third kappa shape index (κ3) is 6.55. The summed E-state index contributed by atoms with van der Waals surface area (Å²) in [7, 11) is 0. The van der Waals surface area contributed by atoms with Gasteiger partial charge in [0.05, 0.1) is 18.7 Å². The predicted octanol–water partition coefficient (Wildman–Crippen LogP) is 2.58. The average Bonchev–Trinajstić information content (AvgIpc) is 2.41. The Balaban J connectivity index is 2.44. The molecular weight excluding hydrogens is 257 g/mol. The predicted molar refractivity (Wildman–Crippen MR) is 78.1 cm³/mol. The zero-order valence-electron chi connectivity index (χ0n) is 12.1. The van der Waals surface area contributed by atoms with E-state index in [1.54, 1.807) is 6.07 Å². The molecule has 0 bridgehead atoms. The molecule has 0 unspecified atom stereocenters. The molecule has 4 heteroatoms. The van der Waals surface area contributed by atoms with Gasteiger partial charge in [-0.1, -0.05) is 25.7 Å². The zero-order valence-corrected chi connectivity index (χ0v) is 12.1. The number of hydrogen-bond acceptors (Lipinski definition) is 3. The molecule has 0 aliphatic rings. The normalized spacial score (nSPS) is 10.2. The number of nitrogens with two attached hydrogens (primary N) is 1. The van der Waals surface area contributed by atoms with Crippen LogP contribution in [0.3, 0.4) is 0 Å². The van der Waals surface area contributed by atoms with Crippen LogP contribution in [0.4, 0.5) is 4.39 Å². The van der Waals surface area contributed by atoms with Gasteiger partial charge in [-0.2, -0.15) is 0 Å². The van der Waals surface area contributed by atoms with Crippen molar-refractivity contribution in [1.82, 2.24) is 0 Å². The summed E-state index contributed by atoms with van der Waals surface area (Å²) in [4.78, 5) is 0. The Kier molecular flexibility index (Phi) is 7.71. The van der Waals surface area contributed by atoms with E-state index in [9.17, 15) is 4.39 Å². The van der Waals surface area contributed by atoms with Gasteiger partial charge in [-0.15, -0.1) is 0 Å². The second kappa shape index (κ2) is 9.35. The highest BCUT2D eigenvalue weighted by Crippen LogP contribution is 2.18. The minimum Gasteiger partial charge on any atom is -0.490 e. The van der Waals surface area contributed by atoms with Crippen molar-refractivity contribution in [2.75, 3.05) is 26.4 Å². The summed E-state index contributed by atoms with van der Waals surface area (Å²) in [5.41, 5.74) is 5.97. The summed E-state index contributed by atoms with van der Waals surface area (Å²) in [5.74, 6) is 6.29. The van der Waals surface area contributed by atoms with Gasteiger partial charge in [0.25, 0.3) is 0 Å². The lowest BCUT2D eigenvalue weighted by molar-refractivity contribution is 0.0924. The number of halogens is 1. The molecule has 0 fully saturated rings. The largest absolute Gasteiger partial charge is 0.490 e. The molecule has 0 heterocycles. The fourth-order valence-corrected chi connectivity index (χ4v) is 1.50. The lowest BCUT2D eigenvalue weighted by Crippen LogP contribution is -2.09. The van der Waals surface area contributed by atoms with Gasteiger partial charge in [0.15, 0.2) is 0 Å². The summed E-state index contributed by atoms with van der Waals surface area (Å²) in [6.45, 7) is 6.12. The fourth-order valence-electron chi connectivity index (χ4n) is 1.50. The van der Waals surface area contributed by atoms with Gasteiger partial charge in [0, 0.05) is 12.7 Å². The topological polar surface area (TPSA) is 44.5 Å². The maximum atomic E-state index is 13.2. The maximum absolute atomic E-state index is 13.2. The molecular formula is C16H22FNO2. The smallest absolute Gasteiger partial charge is 0.137 e. The number of benzene rings is 1. The third-order valence-corrected chi connectivity index (χ3v) is 2.59. The third-order valence-electron chi connectivity index (χ3n) is 2.59. The van der Waals surface area contributed by atoms with E-state index >= 15 is 0 Å². The molecule has 1 rings (SSSR count). The van der Waals surface area contributed by atoms with Crippen LogP contribution in [0, 0.1) is 23.6 Å². The number of rotatable bonds is 7. The fraction of sp³-hybridized carbons (Fsp3) is 0.500. The first kappa shape index (κ1) is 16.5. The Labute approximate surface area is 120 Å². The van der Waals surface area contributed by atoms with Crippen LogP contribution in [0.5, 0.6) is 5.75 Å². The molecule has 0 saturated heterocycles. The van der Waals surface area contributed by atoms with E-state index in [4.69, 9.17) is 15.2 Å². The average molecular weight is 279 g/mol. The van der Waals surface area contributed by atoms with Crippen LogP contribution >= 0.6 is 0 Å². The van der Waals surface area contributed by atoms with Crippen molar-refractivity contribution in [3.63, 3.8) is 0 Å². The Morgan fingerprint density at radius 1 is 1.25 bits per heavy atom. The van der Waals surface area contributed by atoms with Crippen molar-refractivity contribution in [2.24, 2.45) is 11.7 Å². The Morgan fingerprint density at radius 2 is 2.05 bits per heavy atom. The molecule has 0 aliphatic heterocycles. The van der Waals surface area contributed by atoms with Gasteiger partial charge in [-0.3, -0.25) is 0 Å². The molecule has 20 heavy (non-hydrogen) atoms. The monoisotopic (exact) mass is 279 g/mol. The molecule has 0 aromatic heterocycles. The van der Waals surface area contributed by atoms with E-state index in [-0.39, 0.29) is 12.4 Å². The van der Waals surface area contributed by atoms with Crippen molar-refractivity contribution in [3.8, 4) is 17.6 Å². The Hall–Kier alpha value is -1.57. The van der Waals surface area contributed by atoms with Crippen LogP contribution in [0.1, 0.15) is 25.8 Å². The van der Waals surface area contributed by atoms with Crippen LogP contribution in [0.2, 0.25) is 0 Å². The first-order valence-corrected chi connectivity index (χ1v) is 6.82. The van der Waals surface area contributed by atoms with Crippen LogP contribution in [-0.4, -0.2) is 26.4 Å².